The van der Waals surface area contributed by atoms with Crippen LogP contribution in [0.15, 0.2) is 0 Å². The lowest BCUT2D eigenvalue weighted by molar-refractivity contribution is 0.279. The second-order valence-electron chi connectivity index (χ2n) is 4.55. The summed E-state index contributed by atoms with van der Waals surface area (Å²) in [6.45, 7) is 2.30. The third-order valence-electron chi connectivity index (χ3n) is 3.78. The summed E-state index contributed by atoms with van der Waals surface area (Å²) in [6, 6.07) is 0. The molecule has 0 aromatic carbocycles. The molecule has 2 N–H and O–H groups in total. The van der Waals surface area contributed by atoms with Gasteiger partial charge in [0.25, 0.3) is 0 Å². The molecule has 2 fully saturated rings. The first-order chi connectivity index (χ1) is 5.23. The molecule has 0 aliphatic heterocycles. The molecule has 2 saturated carbocycles. The number of rotatable bonds is 1. The Bertz CT molecular complexity index is 149. The molecule has 0 radical (unpaired) electrons. The van der Waals surface area contributed by atoms with E-state index in [0.717, 1.165) is 11.8 Å². The SMILES string of the molecule is CC1CC1(N)C1CCCCC1. The summed E-state index contributed by atoms with van der Waals surface area (Å²) in [7, 11) is 0. The van der Waals surface area contributed by atoms with E-state index in [1.165, 1.54) is 38.5 Å². The van der Waals surface area contributed by atoms with Gasteiger partial charge in [-0.25, -0.2) is 0 Å². The maximum Gasteiger partial charge on any atom is 0.0212 e. The Morgan fingerprint density at radius 1 is 1.18 bits per heavy atom. The molecule has 0 amide bonds. The van der Waals surface area contributed by atoms with Crippen LogP contribution in [0.5, 0.6) is 0 Å². The van der Waals surface area contributed by atoms with E-state index in [1.54, 1.807) is 0 Å². The lowest BCUT2D eigenvalue weighted by Crippen LogP contribution is -2.35. The van der Waals surface area contributed by atoms with Gasteiger partial charge in [-0.15, -0.1) is 0 Å². The van der Waals surface area contributed by atoms with Crippen LogP contribution in [0.3, 0.4) is 0 Å². The standard InChI is InChI=1S/C10H19N/c1-8-7-10(8,11)9-5-3-2-4-6-9/h8-9H,2-7,11H2,1H3. The van der Waals surface area contributed by atoms with Crippen molar-refractivity contribution in [3.05, 3.63) is 0 Å². The highest BCUT2D eigenvalue weighted by Gasteiger charge is 2.52. The Morgan fingerprint density at radius 2 is 1.73 bits per heavy atom. The summed E-state index contributed by atoms with van der Waals surface area (Å²) in [5.41, 5.74) is 6.54. The second kappa shape index (κ2) is 2.48. The van der Waals surface area contributed by atoms with Gasteiger partial charge in [0, 0.05) is 5.54 Å². The third-order valence-corrected chi connectivity index (χ3v) is 3.78. The van der Waals surface area contributed by atoms with Gasteiger partial charge in [0.1, 0.15) is 0 Å². The Balaban J connectivity index is 1.94. The van der Waals surface area contributed by atoms with E-state index in [2.05, 4.69) is 6.92 Å². The fraction of sp³-hybridized carbons (Fsp3) is 1.00. The van der Waals surface area contributed by atoms with Crippen LogP contribution in [-0.4, -0.2) is 5.54 Å². The van der Waals surface area contributed by atoms with Gasteiger partial charge in [-0.1, -0.05) is 26.2 Å². The van der Waals surface area contributed by atoms with E-state index < -0.39 is 0 Å². The molecule has 11 heavy (non-hydrogen) atoms. The van der Waals surface area contributed by atoms with E-state index in [9.17, 15) is 0 Å². The first kappa shape index (κ1) is 7.60. The van der Waals surface area contributed by atoms with Crippen molar-refractivity contribution in [1.29, 1.82) is 0 Å². The summed E-state index contributed by atoms with van der Waals surface area (Å²) < 4.78 is 0. The highest BCUT2D eigenvalue weighted by Crippen LogP contribution is 2.50. The van der Waals surface area contributed by atoms with Crippen molar-refractivity contribution in [2.24, 2.45) is 17.6 Å². The molecule has 64 valence electrons. The summed E-state index contributed by atoms with van der Waals surface area (Å²) in [5, 5.41) is 0. The van der Waals surface area contributed by atoms with E-state index >= 15 is 0 Å². The largest absolute Gasteiger partial charge is 0.325 e. The zero-order valence-electron chi connectivity index (χ0n) is 7.47. The molecule has 0 bridgehead atoms. The predicted octanol–water partition coefficient (Wildman–Crippen LogP) is 2.30. The molecule has 2 aliphatic carbocycles. The van der Waals surface area contributed by atoms with E-state index in [-0.39, 0.29) is 5.54 Å². The molecule has 0 spiro atoms. The quantitative estimate of drug-likeness (QED) is 0.614. The molecular weight excluding hydrogens is 134 g/mol. The van der Waals surface area contributed by atoms with E-state index in [1.807, 2.05) is 0 Å². The minimum atomic E-state index is 0.278. The molecule has 2 atom stereocenters. The lowest BCUT2D eigenvalue weighted by atomic mass is 9.82. The van der Waals surface area contributed by atoms with Crippen molar-refractivity contribution in [3.63, 3.8) is 0 Å². The van der Waals surface area contributed by atoms with Gasteiger partial charge in [-0.2, -0.15) is 0 Å². The summed E-state index contributed by atoms with van der Waals surface area (Å²) >= 11 is 0. The van der Waals surface area contributed by atoms with Crippen molar-refractivity contribution in [1.82, 2.24) is 0 Å². The van der Waals surface area contributed by atoms with Gasteiger partial charge in [0.2, 0.25) is 0 Å². The van der Waals surface area contributed by atoms with Crippen LogP contribution < -0.4 is 5.73 Å². The molecule has 1 nitrogen and oxygen atoms in total. The zero-order chi connectivity index (χ0) is 7.90. The Hall–Kier alpha value is -0.0400. The van der Waals surface area contributed by atoms with Crippen LogP contribution in [0, 0.1) is 11.8 Å². The van der Waals surface area contributed by atoms with Crippen molar-refractivity contribution in [2.75, 3.05) is 0 Å². The maximum absolute atomic E-state index is 6.26. The topological polar surface area (TPSA) is 26.0 Å². The molecule has 2 rings (SSSR count). The molecule has 0 heterocycles. The van der Waals surface area contributed by atoms with Crippen molar-refractivity contribution < 1.29 is 0 Å². The molecule has 0 saturated heterocycles. The van der Waals surface area contributed by atoms with Crippen molar-refractivity contribution >= 4 is 0 Å². The minimum absolute atomic E-state index is 0.278. The summed E-state index contributed by atoms with van der Waals surface area (Å²) in [4.78, 5) is 0. The van der Waals surface area contributed by atoms with Gasteiger partial charge in [0.05, 0.1) is 0 Å². The average Bonchev–Trinajstić information content (AvgIpc) is 2.64. The van der Waals surface area contributed by atoms with Crippen LogP contribution >= 0.6 is 0 Å². The average molecular weight is 153 g/mol. The van der Waals surface area contributed by atoms with Gasteiger partial charge >= 0.3 is 0 Å². The number of hydrogen-bond acceptors (Lipinski definition) is 1. The normalized spacial score (nSPS) is 45.8. The Morgan fingerprint density at radius 3 is 2.18 bits per heavy atom. The smallest absolute Gasteiger partial charge is 0.0212 e. The first-order valence-corrected chi connectivity index (χ1v) is 5.02. The Labute approximate surface area is 69.4 Å². The van der Waals surface area contributed by atoms with Crippen LogP contribution in [0.1, 0.15) is 45.4 Å². The molecule has 2 aliphatic rings. The first-order valence-electron chi connectivity index (χ1n) is 5.02. The van der Waals surface area contributed by atoms with Crippen molar-refractivity contribution in [2.45, 2.75) is 51.0 Å². The highest BCUT2D eigenvalue weighted by atomic mass is 14.9. The molecule has 0 aromatic rings. The molecule has 2 unspecified atom stereocenters. The van der Waals surface area contributed by atoms with Crippen LogP contribution in [-0.2, 0) is 0 Å². The van der Waals surface area contributed by atoms with Gasteiger partial charge < -0.3 is 5.73 Å². The minimum Gasteiger partial charge on any atom is -0.325 e. The maximum atomic E-state index is 6.26. The third kappa shape index (κ3) is 1.20. The summed E-state index contributed by atoms with van der Waals surface area (Å²) in [5.74, 6) is 1.68. The monoisotopic (exact) mass is 153 g/mol. The number of nitrogens with two attached hydrogens (primary N) is 1. The van der Waals surface area contributed by atoms with Crippen LogP contribution in [0.2, 0.25) is 0 Å². The van der Waals surface area contributed by atoms with E-state index in [4.69, 9.17) is 5.73 Å². The molecule has 1 heteroatoms. The fourth-order valence-electron chi connectivity index (χ4n) is 2.68. The second-order valence-corrected chi connectivity index (χ2v) is 4.55. The zero-order valence-corrected chi connectivity index (χ0v) is 7.47. The van der Waals surface area contributed by atoms with Crippen LogP contribution in [0.25, 0.3) is 0 Å². The summed E-state index contributed by atoms with van der Waals surface area (Å²) in [6.07, 6.45) is 8.40. The van der Waals surface area contributed by atoms with Crippen LogP contribution in [0.4, 0.5) is 0 Å². The highest BCUT2D eigenvalue weighted by molar-refractivity contribution is 5.09. The van der Waals surface area contributed by atoms with Gasteiger partial charge in [0.15, 0.2) is 0 Å². The van der Waals surface area contributed by atoms with E-state index in [0.29, 0.717) is 0 Å². The van der Waals surface area contributed by atoms with Gasteiger partial charge in [-0.3, -0.25) is 0 Å². The number of hydrogen-bond donors (Lipinski definition) is 1. The predicted molar refractivity (Wildman–Crippen MR) is 47.3 cm³/mol. The molecule has 0 aromatic heterocycles. The lowest BCUT2D eigenvalue weighted by Gasteiger charge is -2.28. The molecular formula is C10H19N. The Kier molecular flexibility index (Phi) is 1.71. The van der Waals surface area contributed by atoms with Gasteiger partial charge in [-0.05, 0) is 31.1 Å². The van der Waals surface area contributed by atoms with Crippen molar-refractivity contribution in [3.8, 4) is 0 Å². The fourth-order valence-corrected chi connectivity index (χ4v) is 2.68.